The molecule has 0 saturated heterocycles. The van der Waals surface area contributed by atoms with Crippen molar-refractivity contribution in [1.29, 1.82) is 0 Å². The Morgan fingerprint density at radius 2 is 1.74 bits per heavy atom. The first-order chi connectivity index (χ1) is 18.2. The van der Waals surface area contributed by atoms with Crippen LogP contribution < -0.4 is 4.74 Å². The number of thiazole rings is 1. The van der Waals surface area contributed by atoms with Gasteiger partial charge in [0, 0.05) is 34.1 Å². The maximum absolute atomic E-state index is 11.7. The van der Waals surface area contributed by atoms with Crippen molar-refractivity contribution < 1.29 is 20.1 Å². The average Bonchev–Trinajstić information content (AvgIpc) is 3.47. The summed E-state index contributed by atoms with van der Waals surface area (Å²) in [5.74, 6) is -0.144. The van der Waals surface area contributed by atoms with Gasteiger partial charge in [0.1, 0.15) is 17.4 Å². The van der Waals surface area contributed by atoms with Gasteiger partial charge in [-0.15, -0.1) is 11.3 Å². The molecule has 39 heavy (non-hydrogen) atoms. The molecule has 2 heterocycles. The molecular formula is C32H34N2O4S. The highest BCUT2D eigenvalue weighted by Gasteiger charge is 2.18. The molecular weight excluding hydrogens is 508 g/mol. The van der Waals surface area contributed by atoms with Gasteiger partial charge in [-0.3, -0.25) is 4.79 Å². The molecule has 202 valence electrons. The van der Waals surface area contributed by atoms with Gasteiger partial charge in [-0.1, -0.05) is 75.4 Å². The first-order valence-corrected chi connectivity index (χ1v) is 13.6. The molecule has 0 amide bonds. The molecule has 3 N–H and O–H groups in total. The lowest BCUT2D eigenvalue weighted by molar-refractivity contribution is -0.136. The quantitative estimate of drug-likeness (QED) is 0.233. The van der Waals surface area contributed by atoms with Gasteiger partial charge in [0.15, 0.2) is 0 Å². The van der Waals surface area contributed by atoms with Crippen LogP contribution in [0.25, 0.3) is 21.5 Å². The second-order valence-electron chi connectivity index (χ2n) is 10.6. The van der Waals surface area contributed by atoms with E-state index in [2.05, 4.69) is 49.6 Å². The monoisotopic (exact) mass is 542 g/mol. The summed E-state index contributed by atoms with van der Waals surface area (Å²) in [7, 11) is 0. The summed E-state index contributed by atoms with van der Waals surface area (Å²) in [6, 6.07) is 24.7. The van der Waals surface area contributed by atoms with Crippen molar-refractivity contribution in [3.8, 4) is 16.3 Å². The number of ether oxygens (including phenoxy) is 1. The zero-order valence-electron chi connectivity index (χ0n) is 22.7. The minimum atomic E-state index is -0.844. The predicted molar refractivity (Wildman–Crippen MR) is 158 cm³/mol. The number of aliphatic carboxylic acids is 1. The van der Waals surface area contributed by atoms with Gasteiger partial charge in [0.2, 0.25) is 0 Å². The summed E-state index contributed by atoms with van der Waals surface area (Å²) in [5, 5.41) is 13.5. The van der Waals surface area contributed by atoms with Crippen LogP contribution in [0.1, 0.15) is 48.8 Å². The molecule has 6 nitrogen and oxygen atoms in total. The average molecular weight is 543 g/mol. The van der Waals surface area contributed by atoms with E-state index in [4.69, 9.17) is 9.72 Å². The molecule has 0 fully saturated rings. The molecule has 0 aliphatic heterocycles. The Morgan fingerprint density at radius 1 is 1.03 bits per heavy atom. The van der Waals surface area contributed by atoms with E-state index in [1.165, 1.54) is 11.1 Å². The second-order valence-corrected chi connectivity index (χ2v) is 11.5. The molecule has 5 rings (SSSR count). The van der Waals surface area contributed by atoms with Crippen molar-refractivity contribution >= 4 is 28.2 Å². The fraction of sp³-hybridized carbons (Fsp3) is 0.250. The zero-order chi connectivity index (χ0) is 26.9. The molecule has 0 spiro atoms. The molecule has 0 aliphatic rings. The molecule has 5 aromatic rings. The van der Waals surface area contributed by atoms with Crippen LogP contribution in [0.5, 0.6) is 5.75 Å². The highest BCUT2D eigenvalue weighted by atomic mass is 32.1. The van der Waals surface area contributed by atoms with Crippen LogP contribution in [0.2, 0.25) is 0 Å². The van der Waals surface area contributed by atoms with E-state index in [-0.39, 0.29) is 17.3 Å². The molecule has 2 aromatic heterocycles. The van der Waals surface area contributed by atoms with E-state index < -0.39 is 5.97 Å². The van der Waals surface area contributed by atoms with E-state index in [0.717, 1.165) is 38.4 Å². The minimum Gasteiger partial charge on any atom is -0.487 e. The van der Waals surface area contributed by atoms with E-state index >= 15 is 0 Å². The van der Waals surface area contributed by atoms with Crippen LogP contribution in [0, 0.1) is 6.92 Å². The highest BCUT2D eigenvalue weighted by molar-refractivity contribution is 7.13. The number of carboxylic acids is 1. The summed E-state index contributed by atoms with van der Waals surface area (Å²) in [6.07, 6.45) is -0.0335. The number of carbonyl (C=O) groups is 1. The molecule has 0 aliphatic carbocycles. The number of carboxylic acid groups (broad SMARTS) is 1. The molecule has 3 aromatic carbocycles. The number of hydrogen-bond acceptors (Lipinski definition) is 4. The third-order valence-corrected chi connectivity index (χ3v) is 7.81. The number of benzene rings is 3. The summed E-state index contributed by atoms with van der Waals surface area (Å²) in [4.78, 5) is 16.4. The smallest absolute Gasteiger partial charge is 0.307 e. The van der Waals surface area contributed by atoms with Crippen molar-refractivity contribution in [1.82, 2.24) is 9.55 Å². The molecule has 0 radical (unpaired) electrons. The Bertz CT molecular complexity index is 1580. The highest BCUT2D eigenvalue weighted by Crippen LogP contribution is 2.32. The maximum Gasteiger partial charge on any atom is 0.307 e. The Hall–Kier alpha value is -3.94. The molecule has 0 saturated carbocycles. The predicted octanol–water partition coefficient (Wildman–Crippen LogP) is 6.80. The van der Waals surface area contributed by atoms with Crippen molar-refractivity contribution in [3.05, 3.63) is 106 Å². The van der Waals surface area contributed by atoms with Gasteiger partial charge in [-0.2, -0.15) is 0 Å². The van der Waals surface area contributed by atoms with Crippen LogP contribution in [0.4, 0.5) is 0 Å². The third-order valence-electron chi connectivity index (χ3n) is 6.87. The standard InChI is InChI=1S/C32H32N2O3S.H2O/c1-21-27(17-30(35)36)28-16-26(37-19-25-20-38-31(33-25)23-8-6-5-7-9-23)14-15-29(28)34(21)18-22-10-12-24(13-11-22)32(2,3)4;/h5-16,20H,17-19H2,1-4H3,(H,35,36);1H2. The Labute approximate surface area is 232 Å². The van der Waals surface area contributed by atoms with Crippen LogP contribution >= 0.6 is 11.3 Å². The number of fused-ring (bicyclic) bond motifs is 1. The summed E-state index contributed by atoms with van der Waals surface area (Å²) >= 11 is 1.60. The SMILES string of the molecule is Cc1c(CC(=O)O)c2cc(OCc3csc(-c4ccccc4)n3)ccc2n1Cc1ccc(C(C)(C)C)cc1.O. The third kappa shape index (κ3) is 6.21. The van der Waals surface area contributed by atoms with Crippen LogP contribution in [-0.2, 0) is 29.8 Å². The van der Waals surface area contributed by atoms with E-state index in [1.54, 1.807) is 11.3 Å². The van der Waals surface area contributed by atoms with Crippen LogP contribution in [0.3, 0.4) is 0 Å². The summed E-state index contributed by atoms with van der Waals surface area (Å²) in [6.45, 7) is 9.65. The number of rotatable bonds is 8. The molecule has 0 unspecified atom stereocenters. The van der Waals surface area contributed by atoms with Crippen molar-refractivity contribution in [3.63, 3.8) is 0 Å². The topological polar surface area (TPSA) is 95.8 Å². The van der Waals surface area contributed by atoms with Crippen LogP contribution in [0.15, 0.2) is 78.2 Å². The largest absolute Gasteiger partial charge is 0.487 e. The zero-order valence-corrected chi connectivity index (χ0v) is 23.5. The van der Waals surface area contributed by atoms with Crippen molar-refractivity contribution in [2.24, 2.45) is 0 Å². The molecule has 0 bridgehead atoms. The lowest BCUT2D eigenvalue weighted by Crippen LogP contribution is -2.11. The second kappa shape index (κ2) is 11.4. The Balaban J connectivity index is 0.00000353. The van der Waals surface area contributed by atoms with Gasteiger partial charge < -0.3 is 19.9 Å². The summed E-state index contributed by atoms with van der Waals surface area (Å²) in [5.41, 5.74) is 7.32. The fourth-order valence-electron chi connectivity index (χ4n) is 4.74. The first kappa shape index (κ1) is 28.1. The first-order valence-electron chi connectivity index (χ1n) is 12.7. The van der Waals surface area contributed by atoms with Gasteiger partial charge >= 0.3 is 5.97 Å². The van der Waals surface area contributed by atoms with Gasteiger partial charge in [-0.25, -0.2) is 4.98 Å². The van der Waals surface area contributed by atoms with Crippen LogP contribution in [-0.4, -0.2) is 26.1 Å². The number of hydrogen-bond donors (Lipinski definition) is 1. The maximum atomic E-state index is 11.7. The molecule has 7 heteroatoms. The van der Waals surface area contributed by atoms with E-state index in [9.17, 15) is 9.90 Å². The lowest BCUT2D eigenvalue weighted by atomic mass is 9.87. The van der Waals surface area contributed by atoms with E-state index in [0.29, 0.717) is 18.9 Å². The van der Waals surface area contributed by atoms with Gasteiger partial charge in [0.05, 0.1) is 12.1 Å². The Morgan fingerprint density at radius 3 is 2.41 bits per heavy atom. The van der Waals surface area contributed by atoms with Gasteiger partial charge in [-0.05, 0) is 47.2 Å². The lowest BCUT2D eigenvalue weighted by Gasteiger charge is -2.19. The normalized spacial score (nSPS) is 11.4. The summed E-state index contributed by atoms with van der Waals surface area (Å²) < 4.78 is 8.31. The minimum absolute atomic E-state index is 0. The van der Waals surface area contributed by atoms with Crippen molar-refractivity contribution in [2.45, 2.75) is 52.7 Å². The van der Waals surface area contributed by atoms with E-state index in [1.807, 2.05) is 60.8 Å². The van der Waals surface area contributed by atoms with Gasteiger partial charge in [0.25, 0.3) is 0 Å². The molecule has 0 atom stereocenters. The Kier molecular flexibility index (Phi) is 8.23. The number of nitrogens with zero attached hydrogens (tertiary/aromatic N) is 2. The fourth-order valence-corrected chi connectivity index (χ4v) is 5.55. The number of aromatic nitrogens is 2. The van der Waals surface area contributed by atoms with Crippen molar-refractivity contribution in [2.75, 3.05) is 0 Å².